The van der Waals surface area contributed by atoms with Crippen LogP contribution in [-0.4, -0.2) is 11.4 Å². The zero-order chi connectivity index (χ0) is 7.56. The molecule has 3 heteroatoms. The number of aldehydes is 1. The van der Waals surface area contributed by atoms with Gasteiger partial charge in [-0.25, -0.2) is 0 Å². The monoisotopic (exact) mass is 248 g/mol. The average molecular weight is 248 g/mol. The Morgan fingerprint density at radius 1 is 1.50 bits per heavy atom. The van der Waals surface area contributed by atoms with Crippen LogP contribution >= 0.6 is 22.6 Å². The highest BCUT2D eigenvalue weighted by atomic mass is 127. The van der Waals surface area contributed by atoms with E-state index in [0.29, 0.717) is 5.56 Å². The van der Waals surface area contributed by atoms with Gasteiger partial charge >= 0.3 is 0 Å². The minimum Gasteiger partial charge on any atom is -0.508 e. The van der Waals surface area contributed by atoms with Crippen LogP contribution in [0.4, 0.5) is 0 Å². The van der Waals surface area contributed by atoms with E-state index in [1.54, 1.807) is 12.1 Å². The van der Waals surface area contributed by atoms with Crippen molar-refractivity contribution in [1.29, 1.82) is 0 Å². The Morgan fingerprint density at radius 2 is 2.20 bits per heavy atom. The van der Waals surface area contributed by atoms with Gasteiger partial charge in [0.15, 0.2) is 6.29 Å². The highest BCUT2D eigenvalue weighted by molar-refractivity contribution is 14.1. The van der Waals surface area contributed by atoms with Crippen LogP contribution in [0.15, 0.2) is 18.2 Å². The first-order valence-corrected chi connectivity index (χ1v) is 3.75. The van der Waals surface area contributed by atoms with Gasteiger partial charge in [-0.15, -0.1) is 0 Å². The fourth-order valence-corrected chi connectivity index (χ4v) is 1.24. The number of hydrogen-bond donors (Lipinski definition) is 1. The molecule has 0 radical (unpaired) electrons. The second kappa shape index (κ2) is 3.01. The standard InChI is InChI=1S/C7H5IO2/c8-7-3-6(10)2-1-5(7)4-9/h1-4,10H. The minimum atomic E-state index is 0.190. The van der Waals surface area contributed by atoms with Gasteiger partial charge in [-0.05, 0) is 40.8 Å². The van der Waals surface area contributed by atoms with Crippen LogP contribution < -0.4 is 0 Å². The van der Waals surface area contributed by atoms with Crippen molar-refractivity contribution in [1.82, 2.24) is 0 Å². The van der Waals surface area contributed by atoms with E-state index in [-0.39, 0.29) is 5.75 Å². The molecule has 1 aromatic rings. The molecule has 1 aromatic carbocycles. The SMILES string of the molecule is O=Cc1ccc(O)cc1I. The van der Waals surface area contributed by atoms with Crippen LogP contribution in [0.1, 0.15) is 10.4 Å². The van der Waals surface area contributed by atoms with Crippen LogP contribution in [0, 0.1) is 3.57 Å². The van der Waals surface area contributed by atoms with Gasteiger partial charge in [0.25, 0.3) is 0 Å². The molecule has 0 spiro atoms. The molecular formula is C7H5IO2. The second-order valence-corrected chi connectivity index (χ2v) is 2.99. The molecule has 0 amide bonds. The van der Waals surface area contributed by atoms with Crippen LogP contribution in [0.3, 0.4) is 0 Å². The van der Waals surface area contributed by atoms with Gasteiger partial charge in [-0.1, -0.05) is 0 Å². The number of phenolic OH excluding ortho intramolecular Hbond substituents is 1. The van der Waals surface area contributed by atoms with E-state index in [1.807, 2.05) is 22.6 Å². The van der Waals surface area contributed by atoms with Crippen molar-refractivity contribution in [2.24, 2.45) is 0 Å². The number of rotatable bonds is 1. The topological polar surface area (TPSA) is 37.3 Å². The lowest BCUT2D eigenvalue weighted by atomic mass is 10.2. The molecule has 0 saturated carbocycles. The quantitative estimate of drug-likeness (QED) is 0.607. The van der Waals surface area contributed by atoms with Gasteiger partial charge in [0.2, 0.25) is 0 Å². The van der Waals surface area contributed by atoms with Crippen LogP contribution in [0.5, 0.6) is 5.75 Å². The largest absolute Gasteiger partial charge is 0.508 e. The Hall–Kier alpha value is -0.580. The average Bonchev–Trinajstić information content (AvgIpc) is 1.88. The van der Waals surface area contributed by atoms with Crippen LogP contribution in [0.2, 0.25) is 0 Å². The summed E-state index contributed by atoms with van der Waals surface area (Å²) in [6.07, 6.45) is 0.765. The number of carbonyl (C=O) groups excluding carboxylic acids is 1. The second-order valence-electron chi connectivity index (χ2n) is 1.82. The molecule has 0 aliphatic carbocycles. The molecule has 0 aliphatic rings. The molecule has 52 valence electrons. The summed E-state index contributed by atoms with van der Waals surface area (Å²) in [4.78, 5) is 10.3. The van der Waals surface area contributed by atoms with Crippen molar-refractivity contribution in [2.45, 2.75) is 0 Å². The Balaban J connectivity index is 3.19. The van der Waals surface area contributed by atoms with Crippen molar-refractivity contribution in [2.75, 3.05) is 0 Å². The van der Waals surface area contributed by atoms with E-state index < -0.39 is 0 Å². The Bertz CT molecular complexity index is 258. The summed E-state index contributed by atoms with van der Waals surface area (Å²) < 4.78 is 0.771. The Kier molecular flexibility index (Phi) is 2.26. The summed E-state index contributed by atoms with van der Waals surface area (Å²) in [6.45, 7) is 0. The van der Waals surface area contributed by atoms with Crippen molar-refractivity contribution in [3.05, 3.63) is 27.3 Å². The highest BCUT2D eigenvalue weighted by Gasteiger charge is 1.97. The summed E-state index contributed by atoms with van der Waals surface area (Å²) in [6, 6.07) is 4.63. The van der Waals surface area contributed by atoms with E-state index in [2.05, 4.69) is 0 Å². The molecule has 10 heavy (non-hydrogen) atoms. The maximum Gasteiger partial charge on any atom is 0.151 e. The van der Waals surface area contributed by atoms with E-state index >= 15 is 0 Å². The summed E-state index contributed by atoms with van der Waals surface area (Å²) in [5.74, 6) is 0.190. The first-order chi connectivity index (χ1) is 4.74. The lowest BCUT2D eigenvalue weighted by molar-refractivity contribution is 0.112. The molecule has 1 N–H and O–H groups in total. The summed E-state index contributed by atoms with van der Waals surface area (Å²) in [7, 11) is 0. The van der Waals surface area contributed by atoms with E-state index in [9.17, 15) is 4.79 Å². The lowest BCUT2D eigenvalue weighted by Gasteiger charge is -1.95. The van der Waals surface area contributed by atoms with Crippen molar-refractivity contribution in [3.8, 4) is 5.75 Å². The van der Waals surface area contributed by atoms with Gasteiger partial charge in [-0.3, -0.25) is 4.79 Å². The first-order valence-electron chi connectivity index (χ1n) is 2.68. The van der Waals surface area contributed by atoms with Crippen LogP contribution in [-0.2, 0) is 0 Å². The molecule has 0 fully saturated rings. The molecule has 0 bridgehead atoms. The molecule has 2 nitrogen and oxygen atoms in total. The normalized spacial score (nSPS) is 9.30. The van der Waals surface area contributed by atoms with Gasteiger partial charge in [0, 0.05) is 9.13 Å². The van der Waals surface area contributed by atoms with Gasteiger partial charge < -0.3 is 5.11 Å². The number of phenols is 1. The first kappa shape index (κ1) is 7.53. The Morgan fingerprint density at radius 3 is 2.70 bits per heavy atom. The lowest BCUT2D eigenvalue weighted by Crippen LogP contribution is -1.83. The number of aromatic hydroxyl groups is 1. The van der Waals surface area contributed by atoms with Crippen LogP contribution in [0.25, 0.3) is 0 Å². The number of halogens is 1. The third-order valence-electron chi connectivity index (χ3n) is 1.11. The van der Waals surface area contributed by atoms with E-state index in [1.165, 1.54) is 6.07 Å². The van der Waals surface area contributed by atoms with Crippen molar-refractivity contribution in [3.63, 3.8) is 0 Å². The molecule has 1 rings (SSSR count). The fraction of sp³-hybridized carbons (Fsp3) is 0. The van der Waals surface area contributed by atoms with Gasteiger partial charge in [-0.2, -0.15) is 0 Å². The zero-order valence-corrected chi connectivity index (χ0v) is 7.20. The van der Waals surface area contributed by atoms with Crippen molar-refractivity contribution < 1.29 is 9.90 Å². The smallest absolute Gasteiger partial charge is 0.151 e. The summed E-state index contributed by atoms with van der Waals surface area (Å²) in [5, 5.41) is 8.91. The van der Waals surface area contributed by atoms with Crippen molar-refractivity contribution >= 4 is 28.9 Å². The number of benzene rings is 1. The summed E-state index contributed by atoms with van der Waals surface area (Å²) >= 11 is 1.99. The molecular weight excluding hydrogens is 243 g/mol. The van der Waals surface area contributed by atoms with E-state index in [4.69, 9.17) is 5.11 Å². The maximum atomic E-state index is 10.3. The predicted molar refractivity (Wildman–Crippen MR) is 46.2 cm³/mol. The molecule has 0 aliphatic heterocycles. The van der Waals surface area contributed by atoms with Gasteiger partial charge in [0.05, 0.1) is 0 Å². The molecule has 0 saturated heterocycles. The molecule has 0 heterocycles. The molecule has 0 atom stereocenters. The highest BCUT2D eigenvalue weighted by Crippen LogP contribution is 2.16. The van der Waals surface area contributed by atoms with E-state index in [0.717, 1.165) is 9.86 Å². The summed E-state index contributed by atoms with van der Waals surface area (Å²) in [5.41, 5.74) is 0.610. The third kappa shape index (κ3) is 1.47. The third-order valence-corrected chi connectivity index (χ3v) is 2.05. The number of carbonyl (C=O) groups is 1. The zero-order valence-electron chi connectivity index (χ0n) is 5.04. The maximum absolute atomic E-state index is 10.3. The minimum absolute atomic E-state index is 0.190. The predicted octanol–water partition coefficient (Wildman–Crippen LogP) is 1.81. The Labute approximate surface area is 72.0 Å². The fourth-order valence-electron chi connectivity index (χ4n) is 0.612. The number of hydrogen-bond acceptors (Lipinski definition) is 2. The van der Waals surface area contributed by atoms with Gasteiger partial charge in [0.1, 0.15) is 5.75 Å². The molecule has 0 unspecified atom stereocenters. The molecule has 0 aromatic heterocycles.